The van der Waals surface area contributed by atoms with Gasteiger partial charge in [-0.25, -0.2) is 0 Å². The van der Waals surface area contributed by atoms with Crippen molar-refractivity contribution < 1.29 is 5.11 Å². The van der Waals surface area contributed by atoms with Crippen LogP contribution in [-0.4, -0.2) is 5.11 Å². The normalized spacial score (nSPS) is 14.9. The van der Waals surface area contributed by atoms with Crippen LogP contribution in [0.3, 0.4) is 0 Å². The standard InChI is InChI=1S/C44H27ClOS/c45-27-24-25-30(31-15-11-23-41-42(31)32-14-3-10-22-40(32)47-41)39(26-27)44(46)37-20-8-6-18-35(37)43(36-19-7-9-21-38(36)44)33-16-4-1-12-28(33)29-13-2-5-17-34(29)43/h1-26,46H. The molecule has 1 heterocycles. The molecule has 1 spiro atoms. The number of halogens is 1. The van der Waals surface area contributed by atoms with E-state index >= 15 is 0 Å². The van der Waals surface area contributed by atoms with Crippen LogP contribution in [0.4, 0.5) is 0 Å². The molecule has 7 aromatic carbocycles. The van der Waals surface area contributed by atoms with Crippen LogP contribution in [0.25, 0.3) is 42.4 Å². The molecule has 222 valence electrons. The van der Waals surface area contributed by atoms with Gasteiger partial charge in [0, 0.05) is 30.8 Å². The first kappa shape index (κ1) is 27.2. The van der Waals surface area contributed by atoms with Crippen LogP contribution in [-0.2, 0) is 11.0 Å². The summed E-state index contributed by atoms with van der Waals surface area (Å²) in [5.41, 5.74) is 9.63. The van der Waals surface area contributed by atoms with Crippen LogP contribution in [0.5, 0.6) is 0 Å². The van der Waals surface area contributed by atoms with Gasteiger partial charge in [-0.2, -0.15) is 0 Å². The van der Waals surface area contributed by atoms with Gasteiger partial charge in [-0.1, -0.05) is 145 Å². The van der Waals surface area contributed by atoms with E-state index in [-0.39, 0.29) is 0 Å². The number of benzene rings is 7. The summed E-state index contributed by atoms with van der Waals surface area (Å²) in [6.45, 7) is 0. The van der Waals surface area contributed by atoms with E-state index in [1.165, 1.54) is 42.4 Å². The Balaban J connectivity index is 1.34. The average Bonchev–Trinajstić information content (AvgIpc) is 3.65. The molecule has 0 saturated heterocycles. The molecule has 0 bridgehead atoms. The van der Waals surface area contributed by atoms with Crippen LogP contribution in [0.2, 0.25) is 5.02 Å². The fourth-order valence-corrected chi connectivity index (χ4v) is 10.0. The second-order valence-electron chi connectivity index (χ2n) is 12.6. The van der Waals surface area contributed by atoms with Gasteiger partial charge in [0.15, 0.2) is 0 Å². The van der Waals surface area contributed by atoms with E-state index in [1.807, 2.05) is 12.1 Å². The zero-order chi connectivity index (χ0) is 31.3. The molecule has 10 rings (SSSR count). The Morgan fingerprint density at radius 3 is 1.57 bits per heavy atom. The first-order chi connectivity index (χ1) is 23.1. The summed E-state index contributed by atoms with van der Waals surface area (Å²) in [7, 11) is 0. The molecule has 0 atom stereocenters. The fourth-order valence-electron chi connectivity index (χ4n) is 8.70. The number of thiophene rings is 1. The average molecular weight is 639 g/mol. The van der Waals surface area contributed by atoms with Gasteiger partial charge < -0.3 is 5.11 Å². The number of aliphatic hydroxyl groups is 1. The fraction of sp³-hybridized carbons (Fsp3) is 0.0455. The van der Waals surface area contributed by atoms with Crippen molar-refractivity contribution in [2.45, 2.75) is 11.0 Å². The highest BCUT2D eigenvalue weighted by Crippen LogP contribution is 2.63. The lowest BCUT2D eigenvalue weighted by molar-refractivity contribution is 0.119. The van der Waals surface area contributed by atoms with Gasteiger partial charge >= 0.3 is 0 Å². The maximum absolute atomic E-state index is 13.7. The summed E-state index contributed by atoms with van der Waals surface area (Å²) in [5.74, 6) is 0. The molecule has 1 nitrogen and oxygen atoms in total. The van der Waals surface area contributed by atoms with Gasteiger partial charge in [-0.3, -0.25) is 0 Å². The molecule has 0 amide bonds. The Bertz CT molecular complexity index is 2480. The van der Waals surface area contributed by atoms with Crippen molar-refractivity contribution in [1.82, 2.24) is 0 Å². The van der Waals surface area contributed by atoms with Gasteiger partial charge in [0.1, 0.15) is 5.60 Å². The van der Waals surface area contributed by atoms with Crippen LogP contribution in [0.15, 0.2) is 158 Å². The zero-order valence-corrected chi connectivity index (χ0v) is 26.8. The van der Waals surface area contributed by atoms with Crippen molar-refractivity contribution in [2.75, 3.05) is 0 Å². The highest BCUT2D eigenvalue weighted by molar-refractivity contribution is 7.25. The summed E-state index contributed by atoms with van der Waals surface area (Å²) >= 11 is 8.68. The van der Waals surface area contributed by atoms with Gasteiger partial charge in [-0.05, 0) is 79.9 Å². The molecule has 1 N–H and O–H groups in total. The third-order valence-electron chi connectivity index (χ3n) is 10.5. The first-order valence-corrected chi connectivity index (χ1v) is 17.1. The van der Waals surface area contributed by atoms with Gasteiger partial charge in [0.25, 0.3) is 0 Å². The Hall–Kier alpha value is -4.99. The molecule has 0 saturated carbocycles. The molecule has 0 radical (unpaired) electrons. The van der Waals surface area contributed by atoms with E-state index in [0.717, 1.165) is 38.9 Å². The molecule has 0 aliphatic heterocycles. The van der Waals surface area contributed by atoms with E-state index in [0.29, 0.717) is 5.02 Å². The van der Waals surface area contributed by atoms with E-state index in [2.05, 4.69) is 146 Å². The number of hydrogen-bond donors (Lipinski definition) is 1. The van der Waals surface area contributed by atoms with Gasteiger partial charge in [0.2, 0.25) is 0 Å². The maximum Gasteiger partial charge on any atom is 0.141 e. The van der Waals surface area contributed by atoms with Gasteiger partial charge in [0.05, 0.1) is 5.41 Å². The number of rotatable bonds is 2. The van der Waals surface area contributed by atoms with Crippen LogP contribution < -0.4 is 0 Å². The molecule has 0 unspecified atom stereocenters. The molecule has 2 aliphatic rings. The second kappa shape index (κ2) is 9.76. The van der Waals surface area contributed by atoms with Crippen molar-refractivity contribution in [3.05, 3.63) is 202 Å². The quantitative estimate of drug-likeness (QED) is 0.200. The summed E-state index contributed by atoms with van der Waals surface area (Å²) in [5, 5.41) is 16.7. The number of fused-ring (bicyclic) bond motifs is 12. The minimum atomic E-state index is -1.49. The minimum absolute atomic E-state index is 0.588. The Labute approximate surface area is 282 Å². The van der Waals surface area contributed by atoms with Crippen LogP contribution in [0, 0.1) is 0 Å². The summed E-state index contributed by atoms with van der Waals surface area (Å²) in [6.07, 6.45) is 0. The lowest BCUT2D eigenvalue weighted by Crippen LogP contribution is -2.44. The lowest BCUT2D eigenvalue weighted by Gasteiger charge is -2.47. The van der Waals surface area contributed by atoms with Gasteiger partial charge in [-0.15, -0.1) is 11.3 Å². The molecular formula is C44H27ClOS. The number of hydrogen-bond acceptors (Lipinski definition) is 2. The third-order valence-corrected chi connectivity index (χ3v) is 11.8. The van der Waals surface area contributed by atoms with E-state index in [1.54, 1.807) is 11.3 Å². The van der Waals surface area contributed by atoms with Crippen molar-refractivity contribution in [3.8, 4) is 22.3 Å². The Morgan fingerprint density at radius 2 is 0.915 bits per heavy atom. The Morgan fingerprint density at radius 1 is 0.426 bits per heavy atom. The zero-order valence-electron chi connectivity index (χ0n) is 25.2. The predicted octanol–water partition coefficient (Wildman–Crippen LogP) is 11.3. The van der Waals surface area contributed by atoms with E-state index in [4.69, 9.17) is 11.6 Å². The summed E-state index contributed by atoms with van der Waals surface area (Å²) in [4.78, 5) is 0. The Kier molecular flexibility index (Phi) is 5.64. The van der Waals surface area contributed by atoms with Crippen molar-refractivity contribution >= 4 is 43.1 Å². The van der Waals surface area contributed by atoms with Crippen molar-refractivity contribution in [3.63, 3.8) is 0 Å². The highest BCUT2D eigenvalue weighted by Gasteiger charge is 2.56. The minimum Gasteiger partial charge on any atom is -0.376 e. The molecule has 47 heavy (non-hydrogen) atoms. The highest BCUT2D eigenvalue weighted by atomic mass is 35.5. The predicted molar refractivity (Wildman–Crippen MR) is 196 cm³/mol. The first-order valence-electron chi connectivity index (χ1n) is 15.9. The van der Waals surface area contributed by atoms with E-state index < -0.39 is 11.0 Å². The molecule has 1 aromatic heterocycles. The summed E-state index contributed by atoms with van der Waals surface area (Å²) in [6, 6.07) is 55.6. The largest absolute Gasteiger partial charge is 0.376 e. The van der Waals surface area contributed by atoms with Crippen LogP contribution in [0.1, 0.15) is 38.9 Å². The second-order valence-corrected chi connectivity index (χ2v) is 14.1. The molecule has 0 fully saturated rings. The lowest BCUT2D eigenvalue weighted by atomic mass is 9.56. The summed E-state index contributed by atoms with van der Waals surface area (Å²) < 4.78 is 2.47. The molecule has 3 heteroatoms. The third kappa shape index (κ3) is 3.42. The smallest absolute Gasteiger partial charge is 0.141 e. The topological polar surface area (TPSA) is 20.2 Å². The van der Waals surface area contributed by atoms with Crippen molar-refractivity contribution in [2.24, 2.45) is 0 Å². The van der Waals surface area contributed by atoms with Crippen molar-refractivity contribution in [1.29, 1.82) is 0 Å². The maximum atomic E-state index is 13.7. The monoisotopic (exact) mass is 638 g/mol. The molecule has 2 aliphatic carbocycles. The van der Waals surface area contributed by atoms with Crippen LogP contribution >= 0.6 is 22.9 Å². The molecule has 8 aromatic rings. The SMILES string of the molecule is OC1(c2cc(Cl)ccc2-c2cccc3sc4ccccc4c23)c2ccccc2C2(c3ccccc3-c3ccccc32)c2ccccc21. The van der Waals surface area contributed by atoms with E-state index in [9.17, 15) is 5.11 Å². The molecular weight excluding hydrogens is 612 g/mol.